The van der Waals surface area contributed by atoms with E-state index < -0.39 is 0 Å². The van der Waals surface area contributed by atoms with E-state index in [0.717, 1.165) is 38.9 Å². The van der Waals surface area contributed by atoms with Crippen molar-refractivity contribution in [2.75, 3.05) is 25.5 Å². The van der Waals surface area contributed by atoms with Crippen molar-refractivity contribution in [2.45, 2.75) is 31.3 Å². The number of hydrogen-bond acceptors (Lipinski definition) is 6. The van der Waals surface area contributed by atoms with Crippen molar-refractivity contribution in [3.8, 4) is 0 Å². The Hall–Kier alpha value is -3.19. The second-order valence-corrected chi connectivity index (χ2v) is 9.12. The Morgan fingerprint density at radius 1 is 0.694 bits per heavy atom. The van der Waals surface area contributed by atoms with Gasteiger partial charge in [-0.15, -0.1) is 11.6 Å². The van der Waals surface area contributed by atoms with Crippen LogP contribution in [0.5, 0.6) is 0 Å². The van der Waals surface area contributed by atoms with Crippen LogP contribution in [0.25, 0.3) is 0 Å². The van der Waals surface area contributed by atoms with Crippen LogP contribution in [-0.2, 0) is 12.8 Å². The van der Waals surface area contributed by atoms with Gasteiger partial charge in [0.05, 0.1) is 12.1 Å². The lowest BCUT2D eigenvalue weighted by Gasteiger charge is -2.38. The Bertz CT molecular complexity index is 1120. The molecule has 0 radical (unpaired) electrons. The van der Waals surface area contributed by atoms with Crippen LogP contribution >= 0.6 is 11.6 Å². The molecule has 36 heavy (non-hydrogen) atoms. The molecule has 0 aromatic carbocycles. The van der Waals surface area contributed by atoms with Crippen molar-refractivity contribution in [2.24, 2.45) is 0 Å². The first kappa shape index (κ1) is 25.9. The van der Waals surface area contributed by atoms with Gasteiger partial charge in [-0.05, 0) is 91.0 Å². The molecule has 0 amide bonds. The van der Waals surface area contributed by atoms with E-state index in [1.807, 2.05) is 61.7 Å². The van der Waals surface area contributed by atoms with E-state index in [1.54, 1.807) is 0 Å². The lowest BCUT2D eigenvalue weighted by molar-refractivity contribution is 0.158. The molecule has 186 valence electrons. The van der Waals surface area contributed by atoms with Gasteiger partial charge in [0.1, 0.15) is 0 Å². The van der Waals surface area contributed by atoms with Gasteiger partial charge in [0, 0.05) is 62.0 Å². The topological polar surface area (TPSA) is 66.8 Å². The van der Waals surface area contributed by atoms with Gasteiger partial charge in [-0.1, -0.05) is 12.1 Å². The van der Waals surface area contributed by atoms with E-state index in [2.05, 4.69) is 66.6 Å². The van der Waals surface area contributed by atoms with E-state index in [9.17, 15) is 0 Å². The van der Waals surface area contributed by atoms with Crippen LogP contribution in [0.4, 0.5) is 0 Å². The molecule has 6 nitrogen and oxygen atoms in total. The molecular weight excluding hydrogens is 468 g/mol. The van der Waals surface area contributed by atoms with E-state index in [-0.39, 0.29) is 12.1 Å². The van der Waals surface area contributed by atoms with Crippen LogP contribution in [0.2, 0.25) is 0 Å². The molecule has 0 aliphatic carbocycles. The summed E-state index contributed by atoms with van der Waals surface area (Å²) in [6.45, 7) is 2.61. The highest BCUT2D eigenvalue weighted by Crippen LogP contribution is 2.34. The molecule has 0 spiro atoms. The minimum atomic E-state index is 0.0521. The van der Waals surface area contributed by atoms with Crippen molar-refractivity contribution >= 4 is 11.6 Å². The molecule has 0 bridgehead atoms. The Morgan fingerprint density at radius 3 is 1.89 bits per heavy atom. The zero-order valence-electron chi connectivity index (χ0n) is 20.5. The van der Waals surface area contributed by atoms with E-state index in [1.165, 1.54) is 22.3 Å². The second-order valence-electron chi connectivity index (χ2n) is 8.74. The van der Waals surface area contributed by atoms with Crippen LogP contribution < -0.4 is 5.32 Å². The molecule has 2 unspecified atom stereocenters. The fraction of sp³-hybridized carbons (Fsp3) is 0.310. The Kier molecular flexibility index (Phi) is 10.3. The lowest BCUT2D eigenvalue weighted by Crippen LogP contribution is -2.41. The summed E-state index contributed by atoms with van der Waals surface area (Å²) in [7, 11) is 0. The van der Waals surface area contributed by atoms with Crippen LogP contribution in [-0.4, -0.2) is 50.4 Å². The summed E-state index contributed by atoms with van der Waals surface area (Å²) < 4.78 is 0. The number of aromatic nitrogens is 4. The number of nitrogens with zero attached hydrogens (tertiary/aromatic N) is 5. The van der Waals surface area contributed by atoms with E-state index in [0.29, 0.717) is 5.88 Å². The first-order valence-electron chi connectivity index (χ1n) is 12.5. The average Bonchev–Trinajstić information content (AvgIpc) is 2.95. The zero-order chi connectivity index (χ0) is 24.8. The Morgan fingerprint density at radius 2 is 1.31 bits per heavy atom. The highest BCUT2D eigenvalue weighted by molar-refractivity contribution is 6.17. The molecule has 1 N–H and O–H groups in total. The number of alkyl halides is 1. The lowest BCUT2D eigenvalue weighted by atomic mass is 9.92. The molecule has 4 aromatic rings. The fourth-order valence-corrected chi connectivity index (χ4v) is 4.67. The molecule has 4 heterocycles. The van der Waals surface area contributed by atoms with E-state index in [4.69, 9.17) is 11.6 Å². The SMILES string of the molecule is ClCCCN(CCc1cccnc1)C(c1ccncc1)C(NCCc1cccnc1)c1ccncc1. The first-order chi connectivity index (χ1) is 17.8. The second kappa shape index (κ2) is 14.4. The molecular formula is C29H33ClN6. The predicted molar refractivity (Wildman–Crippen MR) is 145 cm³/mol. The van der Waals surface area contributed by atoms with Crippen molar-refractivity contribution in [3.63, 3.8) is 0 Å². The van der Waals surface area contributed by atoms with Gasteiger partial charge >= 0.3 is 0 Å². The highest BCUT2D eigenvalue weighted by Gasteiger charge is 2.30. The molecule has 4 rings (SSSR count). The standard InChI is InChI=1S/C29H33ClN6/c30-12-3-20-36(21-11-25-5-2-14-34-23-25)29(27-9-17-32-18-10-27)28(26-7-15-31-16-8-26)35-19-6-24-4-1-13-33-22-24/h1-2,4-5,7-10,13-18,22-23,28-29,35H,3,6,11-12,19-21H2. The maximum Gasteiger partial charge on any atom is 0.0544 e. The fourth-order valence-electron chi connectivity index (χ4n) is 4.55. The molecule has 0 aliphatic rings. The van der Waals surface area contributed by atoms with Crippen molar-refractivity contribution in [3.05, 3.63) is 120 Å². The monoisotopic (exact) mass is 500 g/mol. The summed E-state index contributed by atoms with van der Waals surface area (Å²) in [5, 5.41) is 3.88. The average molecular weight is 501 g/mol. The van der Waals surface area contributed by atoms with Crippen molar-refractivity contribution < 1.29 is 0 Å². The van der Waals surface area contributed by atoms with Crippen LogP contribution in [0, 0.1) is 0 Å². The number of nitrogens with one attached hydrogen (secondary N) is 1. The van der Waals surface area contributed by atoms with Gasteiger partial charge in [-0.3, -0.25) is 24.8 Å². The highest BCUT2D eigenvalue weighted by atomic mass is 35.5. The smallest absolute Gasteiger partial charge is 0.0544 e. The minimum absolute atomic E-state index is 0.0521. The van der Waals surface area contributed by atoms with Gasteiger partial charge in [0.25, 0.3) is 0 Å². The van der Waals surface area contributed by atoms with E-state index >= 15 is 0 Å². The Balaban J connectivity index is 1.64. The van der Waals surface area contributed by atoms with Crippen molar-refractivity contribution in [1.29, 1.82) is 0 Å². The third-order valence-corrected chi connectivity index (χ3v) is 6.58. The largest absolute Gasteiger partial charge is 0.308 e. The summed E-state index contributed by atoms with van der Waals surface area (Å²) in [6.07, 6.45) is 17.7. The molecule has 0 aliphatic heterocycles. The van der Waals surface area contributed by atoms with Gasteiger partial charge in [0.2, 0.25) is 0 Å². The van der Waals surface area contributed by atoms with Gasteiger partial charge in [-0.2, -0.15) is 0 Å². The molecule has 2 atom stereocenters. The van der Waals surface area contributed by atoms with Gasteiger partial charge in [-0.25, -0.2) is 0 Å². The zero-order valence-corrected chi connectivity index (χ0v) is 21.2. The molecule has 0 fully saturated rings. The number of rotatable bonds is 14. The molecule has 7 heteroatoms. The molecule has 0 saturated carbocycles. The van der Waals surface area contributed by atoms with Crippen LogP contribution in [0.15, 0.2) is 98.1 Å². The van der Waals surface area contributed by atoms with Crippen LogP contribution in [0.3, 0.4) is 0 Å². The predicted octanol–water partition coefficient (Wildman–Crippen LogP) is 5.05. The number of halogens is 1. The third kappa shape index (κ3) is 7.65. The quantitative estimate of drug-likeness (QED) is 0.244. The minimum Gasteiger partial charge on any atom is -0.308 e. The van der Waals surface area contributed by atoms with Gasteiger partial charge < -0.3 is 5.32 Å². The molecule has 0 saturated heterocycles. The maximum absolute atomic E-state index is 6.19. The summed E-state index contributed by atoms with van der Waals surface area (Å²) in [6, 6.07) is 16.9. The summed E-state index contributed by atoms with van der Waals surface area (Å²) in [5.41, 5.74) is 4.87. The normalized spacial score (nSPS) is 12.9. The van der Waals surface area contributed by atoms with Crippen molar-refractivity contribution in [1.82, 2.24) is 30.2 Å². The molecule has 4 aromatic heterocycles. The van der Waals surface area contributed by atoms with Gasteiger partial charge in [0.15, 0.2) is 0 Å². The third-order valence-electron chi connectivity index (χ3n) is 6.31. The summed E-state index contributed by atoms with van der Waals surface area (Å²) in [5.74, 6) is 0.626. The summed E-state index contributed by atoms with van der Waals surface area (Å²) in [4.78, 5) is 19.7. The number of hydrogen-bond donors (Lipinski definition) is 1. The Labute approximate surface area is 218 Å². The number of pyridine rings is 4. The van der Waals surface area contributed by atoms with Crippen LogP contribution in [0.1, 0.15) is 40.8 Å². The summed E-state index contributed by atoms with van der Waals surface area (Å²) >= 11 is 6.19. The maximum atomic E-state index is 6.19. The first-order valence-corrected chi connectivity index (χ1v) is 13.0.